The van der Waals surface area contributed by atoms with Crippen molar-refractivity contribution in [3.63, 3.8) is 0 Å². The van der Waals surface area contributed by atoms with E-state index in [9.17, 15) is 4.79 Å². The Kier molecular flexibility index (Phi) is 6.06. The number of piperazine rings is 1. The Bertz CT molecular complexity index is 730. The molecule has 1 aromatic heterocycles. The SMILES string of the molecule is CCOC(=O)c1nc(CN2CCN(Cc3ccccc3)C(C)(C)C2)cs1. The largest absolute Gasteiger partial charge is 0.461 e. The molecule has 2 aromatic rings. The molecule has 26 heavy (non-hydrogen) atoms. The van der Waals surface area contributed by atoms with Crippen LogP contribution in [0.1, 0.15) is 41.8 Å². The van der Waals surface area contributed by atoms with Gasteiger partial charge < -0.3 is 4.74 Å². The molecule has 140 valence electrons. The summed E-state index contributed by atoms with van der Waals surface area (Å²) in [6.07, 6.45) is 0. The number of nitrogens with zero attached hydrogens (tertiary/aromatic N) is 3. The first-order chi connectivity index (χ1) is 12.5. The highest BCUT2D eigenvalue weighted by molar-refractivity contribution is 7.11. The van der Waals surface area contributed by atoms with Crippen molar-refractivity contribution in [1.82, 2.24) is 14.8 Å². The molecule has 0 N–H and O–H groups in total. The third kappa shape index (κ3) is 4.69. The van der Waals surface area contributed by atoms with Crippen molar-refractivity contribution in [1.29, 1.82) is 0 Å². The molecule has 6 heteroatoms. The topological polar surface area (TPSA) is 45.7 Å². The fourth-order valence-electron chi connectivity index (χ4n) is 3.42. The van der Waals surface area contributed by atoms with Crippen LogP contribution in [0.4, 0.5) is 0 Å². The molecule has 2 heterocycles. The van der Waals surface area contributed by atoms with E-state index in [4.69, 9.17) is 4.74 Å². The predicted molar refractivity (Wildman–Crippen MR) is 104 cm³/mol. The molecule has 0 amide bonds. The molecule has 1 aromatic carbocycles. The molecular weight excluding hydrogens is 346 g/mol. The summed E-state index contributed by atoms with van der Waals surface area (Å²) in [5.41, 5.74) is 2.40. The highest BCUT2D eigenvalue weighted by Crippen LogP contribution is 2.24. The van der Waals surface area contributed by atoms with Crippen molar-refractivity contribution in [3.05, 3.63) is 52.0 Å². The van der Waals surface area contributed by atoms with Crippen molar-refractivity contribution in [3.8, 4) is 0 Å². The first-order valence-corrected chi connectivity index (χ1v) is 9.99. The number of ether oxygens (including phenoxy) is 1. The van der Waals surface area contributed by atoms with Gasteiger partial charge in [0.15, 0.2) is 0 Å². The van der Waals surface area contributed by atoms with E-state index in [0.29, 0.717) is 11.6 Å². The Hall–Kier alpha value is -1.76. The number of hydrogen-bond acceptors (Lipinski definition) is 6. The number of thiazole rings is 1. The maximum absolute atomic E-state index is 11.8. The quantitative estimate of drug-likeness (QED) is 0.726. The Morgan fingerprint density at radius 3 is 2.69 bits per heavy atom. The molecule has 5 nitrogen and oxygen atoms in total. The predicted octanol–water partition coefficient (Wildman–Crippen LogP) is 3.42. The highest BCUT2D eigenvalue weighted by atomic mass is 32.1. The van der Waals surface area contributed by atoms with Gasteiger partial charge in [-0.15, -0.1) is 11.3 Å². The van der Waals surface area contributed by atoms with Gasteiger partial charge >= 0.3 is 5.97 Å². The minimum Gasteiger partial charge on any atom is -0.461 e. The Morgan fingerprint density at radius 2 is 2.00 bits per heavy atom. The summed E-state index contributed by atoms with van der Waals surface area (Å²) >= 11 is 1.37. The van der Waals surface area contributed by atoms with E-state index in [2.05, 4.69) is 59.0 Å². The summed E-state index contributed by atoms with van der Waals surface area (Å²) in [4.78, 5) is 21.2. The lowest BCUT2D eigenvalue weighted by atomic mass is 9.97. The Balaban J connectivity index is 1.58. The van der Waals surface area contributed by atoms with E-state index in [0.717, 1.165) is 38.4 Å². The van der Waals surface area contributed by atoms with E-state index in [1.54, 1.807) is 0 Å². The van der Waals surface area contributed by atoms with Gasteiger partial charge in [-0.05, 0) is 26.3 Å². The average Bonchev–Trinajstić information content (AvgIpc) is 3.07. The standard InChI is InChI=1S/C20H27N3O2S/c1-4-25-19(24)18-21-17(14-26-18)13-22-10-11-23(20(2,3)15-22)12-16-8-6-5-7-9-16/h5-9,14H,4,10-13,15H2,1-3H3. The summed E-state index contributed by atoms with van der Waals surface area (Å²) in [5.74, 6) is -0.322. The van der Waals surface area contributed by atoms with Crippen molar-refractivity contribution in [2.45, 2.75) is 39.4 Å². The van der Waals surface area contributed by atoms with E-state index >= 15 is 0 Å². The lowest BCUT2D eigenvalue weighted by Gasteiger charge is -2.47. The molecule has 0 bridgehead atoms. The zero-order valence-corrected chi connectivity index (χ0v) is 16.6. The number of carbonyl (C=O) groups is 1. The molecule has 0 radical (unpaired) electrons. The molecule has 1 aliphatic rings. The van der Waals surface area contributed by atoms with Crippen LogP contribution in [0.25, 0.3) is 0 Å². The lowest BCUT2D eigenvalue weighted by molar-refractivity contribution is 0.00985. The summed E-state index contributed by atoms with van der Waals surface area (Å²) in [6.45, 7) is 11.5. The second kappa shape index (κ2) is 8.29. The molecule has 3 rings (SSSR count). The number of rotatable bonds is 6. The lowest BCUT2D eigenvalue weighted by Crippen LogP contribution is -2.58. The molecule has 1 fully saturated rings. The van der Waals surface area contributed by atoms with Gasteiger partial charge in [-0.2, -0.15) is 0 Å². The molecule has 0 unspecified atom stereocenters. The zero-order chi connectivity index (χ0) is 18.6. The van der Waals surface area contributed by atoms with Crippen LogP contribution in [0.3, 0.4) is 0 Å². The molecule has 0 saturated carbocycles. The first-order valence-electron chi connectivity index (χ1n) is 9.11. The number of aromatic nitrogens is 1. The van der Waals surface area contributed by atoms with E-state index in [1.807, 2.05) is 12.3 Å². The fourth-order valence-corrected chi connectivity index (χ4v) is 4.12. The summed E-state index contributed by atoms with van der Waals surface area (Å²) in [5, 5.41) is 2.42. The maximum Gasteiger partial charge on any atom is 0.367 e. The van der Waals surface area contributed by atoms with Gasteiger partial charge in [-0.25, -0.2) is 9.78 Å². The number of esters is 1. The molecule has 0 atom stereocenters. The van der Waals surface area contributed by atoms with Gasteiger partial charge in [-0.1, -0.05) is 30.3 Å². The van der Waals surface area contributed by atoms with Crippen molar-refractivity contribution in [2.24, 2.45) is 0 Å². The van der Waals surface area contributed by atoms with Crippen LogP contribution in [-0.2, 0) is 17.8 Å². The minimum atomic E-state index is -0.322. The minimum absolute atomic E-state index is 0.0914. The van der Waals surface area contributed by atoms with E-state index in [-0.39, 0.29) is 11.5 Å². The second-order valence-corrected chi connectivity index (χ2v) is 8.15. The van der Waals surface area contributed by atoms with Crippen LogP contribution in [-0.4, -0.2) is 52.5 Å². The molecule has 0 spiro atoms. The zero-order valence-electron chi connectivity index (χ0n) is 15.8. The van der Waals surface area contributed by atoms with Gasteiger partial charge in [-0.3, -0.25) is 9.80 Å². The maximum atomic E-state index is 11.8. The third-order valence-electron chi connectivity index (χ3n) is 4.76. The molecule has 1 aliphatic heterocycles. The average molecular weight is 374 g/mol. The third-order valence-corrected chi connectivity index (χ3v) is 5.63. The van der Waals surface area contributed by atoms with Gasteiger partial charge in [0.25, 0.3) is 0 Å². The van der Waals surface area contributed by atoms with Gasteiger partial charge in [0.05, 0.1) is 12.3 Å². The van der Waals surface area contributed by atoms with Crippen LogP contribution < -0.4 is 0 Å². The normalized spacial score (nSPS) is 18.0. The Labute approximate surface area is 159 Å². The van der Waals surface area contributed by atoms with Crippen LogP contribution >= 0.6 is 11.3 Å². The summed E-state index contributed by atoms with van der Waals surface area (Å²) in [7, 11) is 0. The van der Waals surface area contributed by atoms with Crippen LogP contribution in [0.15, 0.2) is 35.7 Å². The van der Waals surface area contributed by atoms with Crippen LogP contribution in [0, 0.1) is 0 Å². The van der Waals surface area contributed by atoms with Crippen molar-refractivity contribution >= 4 is 17.3 Å². The number of carbonyl (C=O) groups excluding carboxylic acids is 1. The van der Waals surface area contributed by atoms with Gasteiger partial charge in [0.2, 0.25) is 5.01 Å². The Morgan fingerprint density at radius 1 is 1.23 bits per heavy atom. The van der Waals surface area contributed by atoms with Gasteiger partial charge in [0.1, 0.15) is 0 Å². The van der Waals surface area contributed by atoms with Crippen molar-refractivity contribution < 1.29 is 9.53 Å². The molecule has 1 saturated heterocycles. The number of hydrogen-bond donors (Lipinski definition) is 0. The molecular formula is C20H27N3O2S. The summed E-state index contributed by atoms with van der Waals surface area (Å²) in [6, 6.07) is 10.6. The fraction of sp³-hybridized carbons (Fsp3) is 0.500. The van der Waals surface area contributed by atoms with Crippen molar-refractivity contribution in [2.75, 3.05) is 26.2 Å². The van der Waals surface area contributed by atoms with Gasteiger partial charge in [0, 0.05) is 43.6 Å². The summed E-state index contributed by atoms with van der Waals surface area (Å²) < 4.78 is 5.02. The molecule has 0 aliphatic carbocycles. The number of benzene rings is 1. The van der Waals surface area contributed by atoms with Crippen LogP contribution in [0.2, 0.25) is 0 Å². The smallest absolute Gasteiger partial charge is 0.367 e. The second-order valence-electron chi connectivity index (χ2n) is 7.29. The van der Waals surface area contributed by atoms with E-state index < -0.39 is 0 Å². The highest BCUT2D eigenvalue weighted by Gasteiger charge is 2.33. The van der Waals surface area contributed by atoms with E-state index in [1.165, 1.54) is 16.9 Å². The first kappa shape index (κ1) is 19.0. The van der Waals surface area contributed by atoms with Crippen LogP contribution in [0.5, 0.6) is 0 Å². The monoisotopic (exact) mass is 373 g/mol.